The van der Waals surface area contributed by atoms with E-state index in [0.717, 1.165) is 11.3 Å². The molecule has 0 aliphatic carbocycles. The van der Waals surface area contributed by atoms with Gasteiger partial charge in [0.25, 0.3) is 0 Å². The number of hydrogen-bond acceptors (Lipinski definition) is 4. The Balaban J connectivity index is 1.54. The molecule has 1 aliphatic heterocycles. The maximum Gasteiger partial charge on any atom is 0.321 e. The smallest absolute Gasteiger partial charge is 0.321 e. The highest BCUT2D eigenvalue weighted by Gasteiger charge is 2.28. The monoisotopic (exact) mass is 451 g/mol. The van der Waals surface area contributed by atoms with Gasteiger partial charge < -0.3 is 19.9 Å². The van der Waals surface area contributed by atoms with Crippen molar-refractivity contribution in [1.29, 1.82) is 0 Å². The van der Waals surface area contributed by atoms with E-state index in [9.17, 15) is 14.4 Å². The lowest BCUT2D eigenvalue weighted by atomic mass is 9.97. The second kappa shape index (κ2) is 12.6. The van der Waals surface area contributed by atoms with Crippen LogP contribution in [0.2, 0.25) is 0 Å². The van der Waals surface area contributed by atoms with Crippen LogP contribution in [-0.2, 0) is 20.7 Å². The molecule has 2 aromatic carbocycles. The number of nitrogens with one attached hydrogen (secondary N) is 1. The first-order chi connectivity index (χ1) is 16.1. The zero-order valence-electron chi connectivity index (χ0n) is 19.2. The van der Waals surface area contributed by atoms with Crippen LogP contribution in [0.25, 0.3) is 0 Å². The van der Waals surface area contributed by atoms with Crippen LogP contribution in [0, 0.1) is 5.92 Å². The standard InChI is InChI=1S/C26H33N3O4/c1-2-33-25(31)22-14-18-28(19-15-22)24(30)16-20-29(17-13-21-9-5-3-6-10-21)26(32)27-23-11-7-4-8-12-23/h3-12,22H,2,13-20H2,1H3,(H,27,32). The quantitative estimate of drug-likeness (QED) is 0.586. The third kappa shape index (κ3) is 7.63. The summed E-state index contributed by atoms with van der Waals surface area (Å²) in [6.45, 7) is 4.12. The predicted molar refractivity (Wildman–Crippen MR) is 128 cm³/mol. The summed E-state index contributed by atoms with van der Waals surface area (Å²) < 4.78 is 5.10. The van der Waals surface area contributed by atoms with Crippen LogP contribution in [0.5, 0.6) is 0 Å². The molecule has 0 unspecified atom stereocenters. The fourth-order valence-electron chi connectivity index (χ4n) is 3.96. The van der Waals surface area contributed by atoms with Crippen molar-refractivity contribution in [3.63, 3.8) is 0 Å². The van der Waals surface area contributed by atoms with E-state index < -0.39 is 0 Å². The Hall–Kier alpha value is -3.35. The first-order valence-corrected chi connectivity index (χ1v) is 11.7. The minimum atomic E-state index is -0.217. The molecule has 0 saturated carbocycles. The van der Waals surface area contributed by atoms with Gasteiger partial charge >= 0.3 is 12.0 Å². The molecule has 0 spiro atoms. The van der Waals surface area contributed by atoms with Crippen LogP contribution in [-0.4, -0.2) is 60.5 Å². The van der Waals surface area contributed by atoms with Gasteiger partial charge in [0, 0.05) is 38.3 Å². The van der Waals surface area contributed by atoms with Crippen LogP contribution < -0.4 is 5.32 Å². The number of carbonyl (C=O) groups excluding carboxylic acids is 3. The summed E-state index contributed by atoms with van der Waals surface area (Å²) in [6.07, 6.45) is 2.21. The highest BCUT2D eigenvalue weighted by molar-refractivity contribution is 5.89. The number of benzene rings is 2. The van der Waals surface area contributed by atoms with E-state index in [0.29, 0.717) is 52.0 Å². The molecule has 0 radical (unpaired) electrons. The molecular weight excluding hydrogens is 418 g/mol. The number of hydrogen-bond donors (Lipinski definition) is 1. The third-order valence-electron chi connectivity index (χ3n) is 5.89. The number of para-hydroxylation sites is 1. The number of nitrogens with zero attached hydrogens (tertiary/aromatic N) is 2. The van der Waals surface area contributed by atoms with Gasteiger partial charge in [-0.2, -0.15) is 0 Å². The SMILES string of the molecule is CCOC(=O)C1CCN(C(=O)CCN(CCc2ccccc2)C(=O)Nc2ccccc2)CC1. The third-order valence-corrected chi connectivity index (χ3v) is 5.89. The van der Waals surface area contributed by atoms with E-state index >= 15 is 0 Å². The first-order valence-electron chi connectivity index (χ1n) is 11.7. The molecule has 2 aromatic rings. The summed E-state index contributed by atoms with van der Waals surface area (Å²) in [7, 11) is 0. The molecule has 1 heterocycles. The highest BCUT2D eigenvalue weighted by Crippen LogP contribution is 2.19. The van der Waals surface area contributed by atoms with Crippen molar-refractivity contribution in [2.75, 3.05) is 38.1 Å². The van der Waals surface area contributed by atoms with Crippen LogP contribution in [0.3, 0.4) is 0 Å². The van der Waals surface area contributed by atoms with Gasteiger partial charge in [0.15, 0.2) is 0 Å². The van der Waals surface area contributed by atoms with Gasteiger partial charge in [0.05, 0.1) is 12.5 Å². The Labute approximate surface area is 195 Å². The molecule has 3 amide bonds. The normalized spacial score (nSPS) is 13.9. The van der Waals surface area contributed by atoms with E-state index in [-0.39, 0.29) is 30.2 Å². The fourth-order valence-corrected chi connectivity index (χ4v) is 3.96. The van der Waals surface area contributed by atoms with Crippen LogP contribution in [0.1, 0.15) is 31.7 Å². The molecule has 1 N–H and O–H groups in total. The number of urea groups is 1. The Kier molecular flexibility index (Phi) is 9.30. The molecule has 33 heavy (non-hydrogen) atoms. The highest BCUT2D eigenvalue weighted by atomic mass is 16.5. The molecule has 1 aliphatic rings. The van der Waals surface area contributed by atoms with Crippen LogP contribution in [0.15, 0.2) is 60.7 Å². The first kappa shape index (κ1) is 24.3. The maximum atomic E-state index is 12.9. The van der Waals surface area contributed by atoms with Crippen LogP contribution in [0.4, 0.5) is 10.5 Å². The second-order valence-corrected chi connectivity index (χ2v) is 8.18. The average molecular weight is 452 g/mol. The van der Waals surface area contributed by atoms with Crippen molar-refractivity contribution >= 4 is 23.6 Å². The van der Waals surface area contributed by atoms with Gasteiger partial charge in [-0.05, 0) is 43.9 Å². The lowest BCUT2D eigenvalue weighted by molar-refractivity contribution is -0.151. The number of rotatable bonds is 9. The molecule has 3 rings (SSSR count). The predicted octanol–water partition coefficient (Wildman–Crippen LogP) is 3.96. The minimum Gasteiger partial charge on any atom is -0.466 e. The zero-order chi connectivity index (χ0) is 23.5. The Morgan fingerprint density at radius 3 is 2.24 bits per heavy atom. The lowest BCUT2D eigenvalue weighted by Gasteiger charge is -2.31. The van der Waals surface area contributed by atoms with E-state index in [1.54, 1.807) is 16.7 Å². The molecule has 0 atom stereocenters. The fraction of sp³-hybridized carbons (Fsp3) is 0.423. The van der Waals surface area contributed by atoms with Gasteiger partial charge in [-0.3, -0.25) is 9.59 Å². The molecule has 1 fully saturated rings. The number of ether oxygens (including phenoxy) is 1. The van der Waals surface area contributed by atoms with Crippen LogP contribution >= 0.6 is 0 Å². The average Bonchev–Trinajstić information content (AvgIpc) is 2.85. The summed E-state index contributed by atoms with van der Waals surface area (Å²) in [5.74, 6) is -0.295. The molecular formula is C26H33N3O4. The van der Waals surface area contributed by atoms with Gasteiger partial charge in [0.1, 0.15) is 0 Å². The van der Waals surface area contributed by atoms with Crippen molar-refractivity contribution in [1.82, 2.24) is 9.80 Å². The topological polar surface area (TPSA) is 79.0 Å². The van der Waals surface area contributed by atoms with Crippen molar-refractivity contribution in [2.24, 2.45) is 5.92 Å². The van der Waals surface area contributed by atoms with E-state index in [4.69, 9.17) is 4.74 Å². The lowest BCUT2D eigenvalue weighted by Crippen LogP contribution is -2.43. The summed E-state index contributed by atoms with van der Waals surface area (Å²) in [5, 5.41) is 2.92. The Bertz CT molecular complexity index is 896. The molecule has 7 nitrogen and oxygen atoms in total. The number of anilines is 1. The molecule has 176 valence electrons. The van der Waals surface area contributed by atoms with Crippen molar-refractivity contribution in [3.05, 3.63) is 66.2 Å². The number of esters is 1. The van der Waals surface area contributed by atoms with E-state index in [2.05, 4.69) is 5.32 Å². The van der Waals surface area contributed by atoms with Crippen molar-refractivity contribution in [3.8, 4) is 0 Å². The maximum absolute atomic E-state index is 12.9. The second-order valence-electron chi connectivity index (χ2n) is 8.18. The van der Waals surface area contributed by atoms with Gasteiger partial charge in [0.2, 0.25) is 5.91 Å². The summed E-state index contributed by atoms with van der Waals surface area (Å²) >= 11 is 0. The van der Waals surface area contributed by atoms with E-state index in [1.165, 1.54) is 0 Å². The molecule has 1 saturated heterocycles. The molecule has 0 bridgehead atoms. The number of carbonyl (C=O) groups is 3. The number of piperidine rings is 1. The number of amides is 3. The van der Waals surface area contributed by atoms with Crippen molar-refractivity contribution < 1.29 is 19.1 Å². The molecule has 0 aromatic heterocycles. The Morgan fingerprint density at radius 2 is 1.61 bits per heavy atom. The van der Waals surface area contributed by atoms with Gasteiger partial charge in [-0.1, -0.05) is 48.5 Å². The summed E-state index contributed by atoms with van der Waals surface area (Å²) in [6, 6.07) is 19.1. The zero-order valence-corrected chi connectivity index (χ0v) is 19.2. The summed E-state index contributed by atoms with van der Waals surface area (Å²) in [4.78, 5) is 41.2. The van der Waals surface area contributed by atoms with E-state index in [1.807, 2.05) is 60.7 Å². The van der Waals surface area contributed by atoms with Gasteiger partial charge in [-0.25, -0.2) is 4.79 Å². The van der Waals surface area contributed by atoms with Gasteiger partial charge in [-0.15, -0.1) is 0 Å². The Morgan fingerprint density at radius 1 is 0.970 bits per heavy atom. The number of likely N-dealkylation sites (tertiary alicyclic amines) is 1. The minimum absolute atomic E-state index is 0.00883. The van der Waals surface area contributed by atoms with Crippen molar-refractivity contribution in [2.45, 2.75) is 32.6 Å². The summed E-state index contributed by atoms with van der Waals surface area (Å²) in [5.41, 5.74) is 1.86. The largest absolute Gasteiger partial charge is 0.466 e. The molecule has 7 heteroatoms.